The topological polar surface area (TPSA) is 86.8 Å². The van der Waals surface area contributed by atoms with E-state index in [9.17, 15) is 22.4 Å². The largest absolute Gasteiger partial charge is 0.323 e. The summed E-state index contributed by atoms with van der Waals surface area (Å²) in [5.41, 5.74) is 0.766. The van der Waals surface area contributed by atoms with Crippen LogP contribution in [0.25, 0.3) is 0 Å². The Morgan fingerprint density at radius 2 is 1.77 bits per heavy atom. The fourth-order valence-corrected chi connectivity index (χ4v) is 5.56. The molecule has 1 atom stereocenters. The summed E-state index contributed by atoms with van der Waals surface area (Å²) in [6.07, 6.45) is 2.37. The fourth-order valence-electron chi connectivity index (χ4n) is 4.04. The molecule has 0 aromatic heterocycles. The summed E-state index contributed by atoms with van der Waals surface area (Å²) in [4.78, 5) is 26.3. The molecule has 0 unspecified atom stereocenters. The van der Waals surface area contributed by atoms with E-state index >= 15 is 0 Å². The average Bonchev–Trinajstić information content (AvgIpc) is 3.21. The Morgan fingerprint density at radius 3 is 2.45 bits per heavy atom. The molecule has 9 heteroatoms. The van der Waals surface area contributed by atoms with Crippen LogP contribution in [0.1, 0.15) is 25.7 Å². The molecule has 0 aliphatic carbocycles. The highest BCUT2D eigenvalue weighted by Crippen LogP contribution is 2.28. The third-order valence-electron chi connectivity index (χ3n) is 5.75. The third-order valence-corrected chi connectivity index (χ3v) is 7.63. The smallest absolute Gasteiger partial charge is 0.243 e. The SMILES string of the molecule is O=C(Nc1ccccc1F)[C@@H]1CCCN(S(=O)(=O)c2ccc(N3CCCC3=O)cc2)C1. The van der Waals surface area contributed by atoms with Crippen molar-refractivity contribution in [2.75, 3.05) is 29.9 Å². The number of anilines is 2. The van der Waals surface area contributed by atoms with Gasteiger partial charge in [0, 0.05) is 31.7 Å². The molecule has 2 heterocycles. The van der Waals surface area contributed by atoms with E-state index in [2.05, 4.69) is 5.32 Å². The highest BCUT2D eigenvalue weighted by atomic mass is 32.2. The van der Waals surface area contributed by atoms with Gasteiger partial charge < -0.3 is 10.2 Å². The summed E-state index contributed by atoms with van der Waals surface area (Å²) in [7, 11) is -3.79. The van der Waals surface area contributed by atoms with Gasteiger partial charge in [-0.05, 0) is 55.7 Å². The van der Waals surface area contributed by atoms with Crippen LogP contribution in [0.3, 0.4) is 0 Å². The van der Waals surface area contributed by atoms with E-state index in [0.717, 1.165) is 6.42 Å². The monoisotopic (exact) mass is 445 g/mol. The molecule has 2 fully saturated rings. The third kappa shape index (κ3) is 4.47. The predicted molar refractivity (Wildman–Crippen MR) is 115 cm³/mol. The normalized spacial score (nSPS) is 20.1. The zero-order chi connectivity index (χ0) is 22.0. The van der Waals surface area contributed by atoms with Crippen LogP contribution in [0, 0.1) is 11.7 Å². The van der Waals surface area contributed by atoms with Crippen LogP contribution in [0.15, 0.2) is 53.4 Å². The Bertz CT molecular complexity index is 1090. The number of nitrogens with zero attached hydrogens (tertiary/aromatic N) is 2. The molecular weight excluding hydrogens is 421 g/mol. The molecule has 2 saturated heterocycles. The highest BCUT2D eigenvalue weighted by Gasteiger charge is 2.33. The molecule has 2 aromatic rings. The Morgan fingerprint density at radius 1 is 1.03 bits per heavy atom. The molecule has 0 bridgehead atoms. The van der Waals surface area contributed by atoms with Crippen LogP contribution < -0.4 is 10.2 Å². The quantitative estimate of drug-likeness (QED) is 0.767. The Kier molecular flexibility index (Phi) is 6.06. The second-order valence-electron chi connectivity index (χ2n) is 7.81. The molecular formula is C22H24FN3O4S. The van der Waals surface area contributed by atoms with Gasteiger partial charge >= 0.3 is 0 Å². The molecule has 164 valence electrons. The summed E-state index contributed by atoms with van der Waals surface area (Å²) in [5.74, 6) is -1.46. The number of benzene rings is 2. The summed E-state index contributed by atoms with van der Waals surface area (Å²) in [6.45, 7) is 0.989. The minimum atomic E-state index is -3.79. The van der Waals surface area contributed by atoms with Crippen LogP contribution in [0.4, 0.5) is 15.8 Å². The maximum absolute atomic E-state index is 13.8. The fraction of sp³-hybridized carbons (Fsp3) is 0.364. The second kappa shape index (κ2) is 8.76. The van der Waals surface area contributed by atoms with Crippen molar-refractivity contribution in [1.29, 1.82) is 0 Å². The second-order valence-corrected chi connectivity index (χ2v) is 9.75. The van der Waals surface area contributed by atoms with Crippen molar-refractivity contribution in [3.8, 4) is 0 Å². The van der Waals surface area contributed by atoms with Crippen molar-refractivity contribution in [1.82, 2.24) is 4.31 Å². The Balaban J connectivity index is 1.46. The number of hydrogen-bond acceptors (Lipinski definition) is 4. The molecule has 2 aromatic carbocycles. The van der Waals surface area contributed by atoms with E-state index in [1.54, 1.807) is 23.1 Å². The zero-order valence-corrected chi connectivity index (χ0v) is 17.8. The molecule has 0 saturated carbocycles. The first-order valence-electron chi connectivity index (χ1n) is 10.3. The first-order valence-corrected chi connectivity index (χ1v) is 11.8. The van der Waals surface area contributed by atoms with E-state index in [1.165, 1.54) is 34.6 Å². The van der Waals surface area contributed by atoms with Crippen LogP contribution in [-0.2, 0) is 19.6 Å². The number of piperidine rings is 1. The summed E-state index contributed by atoms with van der Waals surface area (Å²) in [5, 5.41) is 2.56. The first-order chi connectivity index (χ1) is 14.9. The molecule has 31 heavy (non-hydrogen) atoms. The van der Waals surface area contributed by atoms with Gasteiger partial charge in [0.1, 0.15) is 5.82 Å². The maximum atomic E-state index is 13.8. The van der Waals surface area contributed by atoms with Crippen LogP contribution >= 0.6 is 0 Å². The van der Waals surface area contributed by atoms with Gasteiger partial charge in [-0.2, -0.15) is 4.31 Å². The van der Waals surface area contributed by atoms with Gasteiger partial charge in [0.2, 0.25) is 21.8 Å². The van der Waals surface area contributed by atoms with Crippen molar-refractivity contribution in [2.45, 2.75) is 30.6 Å². The van der Waals surface area contributed by atoms with Gasteiger partial charge in [-0.1, -0.05) is 12.1 Å². The first kappa shape index (κ1) is 21.5. The molecule has 1 N–H and O–H groups in total. The van der Waals surface area contributed by atoms with Crippen molar-refractivity contribution in [3.05, 3.63) is 54.3 Å². The maximum Gasteiger partial charge on any atom is 0.243 e. The van der Waals surface area contributed by atoms with Gasteiger partial charge in [0.25, 0.3) is 0 Å². The zero-order valence-electron chi connectivity index (χ0n) is 17.0. The van der Waals surface area contributed by atoms with Crippen LogP contribution in [0.5, 0.6) is 0 Å². The predicted octanol–water partition coefficient (Wildman–Crippen LogP) is 2.99. The Hall–Kier alpha value is -2.78. The molecule has 4 rings (SSSR count). The number of rotatable bonds is 5. The van der Waals surface area contributed by atoms with Gasteiger partial charge in [0.15, 0.2) is 0 Å². The van der Waals surface area contributed by atoms with Gasteiger partial charge in [-0.25, -0.2) is 12.8 Å². The number of nitrogens with one attached hydrogen (secondary N) is 1. The number of carbonyl (C=O) groups is 2. The number of hydrogen-bond donors (Lipinski definition) is 1. The lowest BCUT2D eigenvalue weighted by Crippen LogP contribution is -2.43. The van der Waals surface area contributed by atoms with Crippen LogP contribution in [0.2, 0.25) is 0 Å². The number of sulfonamides is 1. The van der Waals surface area contributed by atoms with E-state index in [4.69, 9.17) is 0 Å². The number of halogens is 1. The lowest BCUT2D eigenvalue weighted by atomic mass is 9.98. The van der Waals surface area contributed by atoms with Crippen LogP contribution in [-0.4, -0.2) is 44.2 Å². The average molecular weight is 446 g/mol. The van der Waals surface area contributed by atoms with Crippen molar-refractivity contribution in [2.24, 2.45) is 5.92 Å². The van der Waals surface area contributed by atoms with Crippen molar-refractivity contribution >= 4 is 33.2 Å². The molecule has 2 aliphatic rings. The number of para-hydroxylation sites is 1. The molecule has 2 amide bonds. The minimum Gasteiger partial charge on any atom is -0.323 e. The lowest BCUT2D eigenvalue weighted by molar-refractivity contribution is -0.121. The van der Waals surface area contributed by atoms with Crippen molar-refractivity contribution in [3.63, 3.8) is 0 Å². The van der Waals surface area contributed by atoms with Gasteiger partial charge in [-0.3, -0.25) is 9.59 Å². The highest BCUT2D eigenvalue weighted by molar-refractivity contribution is 7.89. The molecule has 0 radical (unpaired) electrons. The van der Waals surface area contributed by atoms with Crippen molar-refractivity contribution < 1.29 is 22.4 Å². The standard InChI is InChI=1S/C22H24FN3O4S/c23-19-6-1-2-7-20(19)24-22(28)16-5-3-13-25(15-16)31(29,30)18-11-9-17(10-12-18)26-14-4-8-21(26)27/h1-2,6-7,9-12,16H,3-5,8,13-15H2,(H,24,28)/t16-/m1/s1. The summed E-state index contributed by atoms with van der Waals surface area (Å²) in [6, 6.07) is 12.2. The number of carbonyl (C=O) groups excluding carboxylic acids is 2. The number of amides is 2. The summed E-state index contributed by atoms with van der Waals surface area (Å²) < 4.78 is 41.4. The van der Waals surface area contributed by atoms with E-state index < -0.39 is 27.7 Å². The minimum absolute atomic E-state index is 0.0367. The van der Waals surface area contributed by atoms with E-state index in [1.807, 2.05) is 0 Å². The van der Waals surface area contributed by atoms with Gasteiger partial charge in [0.05, 0.1) is 16.5 Å². The van der Waals surface area contributed by atoms with Gasteiger partial charge in [-0.15, -0.1) is 0 Å². The lowest BCUT2D eigenvalue weighted by Gasteiger charge is -2.31. The summed E-state index contributed by atoms with van der Waals surface area (Å²) >= 11 is 0. The molecule has 2 aliphatic heterocycles. The molecule has 0 spiro atoms. The Labute approximate surface area is 180 Å². The molecule has 7 nitrogen and oxygen atoms in total. The van der Waals surface area contributed by atoms with E-state index in [0.29, 0.717) is 38.0 Å². The van der Waals surface area contributed by atoms with E-state index in [-0.39, 0.29) is 23.0 Å².